The minimum Gasteiger partial charge on any atom is -0.377 e. The molecule has 2 N–H and O–H groups in total. The van der Waals surface area contributed by atoms with E-state index in [9.17, 15) is 0 Å². The SMILES string of the molecule is COC1CN(c2cccc(CN)c2)CC1OC. The second-order valence-electron chi connectivity index (χ2n) is 4.33. The van der Waals surface area contributed by atoms with Crippen LogP contribution in [0, 0.1) is 0 Å². The highest BCUT2D eigenvalue weighted by molar-refractivity contribution is 5.50. The predicted octanol–water partition coefficient (Wildman–Crippen LogP) is 0.995. The summed E-state index contributed by atoms with van der Waals surface area (Å²) in [5.41, 5.74) is 8.00. The third kappa shape index (κ3) is 2.60. The van der Waals surface area contributed by atoms with Crippen LogP contribution in [-0.2, 0) is 16.0 Å². The Labute approximate surface area is 102 Å². The summed E-state index contributed by atoms with van der Waals surface area (Å²) in [6.45, 7) is 2.30. The van der Waals surface area contributed by atoms with Gasteiger partial charge in [0, 0.05) is 39.5 Å². The van der Waals surface area contributed by atoms with Gasteiger partial charge < -0.3 is 20.1 Å². The van der Waals surface area contributed by atoms with Crippen molar-refractivity contribution in [2.24, 2.45) is 5.73 Å². The molecule has 1 fully saturated rings. The molecule has 2 atom stereocenters. The highest BCUT2D eigenvalue weighted by Crippen LogP contribution is 2.24. The number of hydrogen-bond acceptors (Lipinski definition) is 4. The Kier molecular flexibility index (Phi) is 3.99. The van der Waals surface area contributed by atoms with Crippen molar-refractivity contribution < 1.29 is 9.47 Å². The molecule has 0 saturated carbocycles. The summed E-state index contributed by atoms with van der Waals surface area (Å²) in [6, 6.07) is 8.31. The topological polar surface area (TPSA) is 47.7 Å². The molecule has 0 bridgehead atoms. The zero-order chi connectivity index (χ0) is 12.3. The molecule has 1 aliphatic heterocycles. The molecule has 2 rings (SSSR count). The van der Waals surface area contributed by atoms with E-state index < -0.39 is 0 Å². The van der Waals surface area contributed by atoms with Gasteiger partial charge in [0.25, 0.3) is 0 Å². The van der Waals surface area contributed by atoms with Crippen molar-refractivity contribution in [3.63, 3.8) is 0 Å². The van der Waals surface area contributed by atoms with Crippen molar-refractivity contribution in [1.29, 1.82) is 0 Å². The molecule has 1 aliphatic rings. The summed E-state index contributed by atoms with van der Waals surface area (Å²) >= 11 is 0. The van der Waals surface area contributed by atoms with E-state index >= 15 is 0 Å². The first kappa shape index (κ1) is 12.4. The van der Waals surface area contributed by atoms with E-state index in [0.717, 1.165) is 18.7 Å². The monoisotopic (exact) mass is 236 g/mol. The minimum atomic E-state index is 0.140. The molecule has 0 aromatic heterocycles. The highest BCUT2D eigenvalue weighted by atomic mass is 16.5. The van der Waals surface area contributed by atoms with Crippen LogP contribution >= 0.6 is 0 Å². The molecule has 17 heavy (non-hydrogen) atoms. The van der Waals surface area contributed by atoms with Crippen molar-refractivity contribution in [2.75, 3.05) is 32.2 Å². The minimum absolute atomic E-state index is 0.140. The number of hydrogen-bond donors (Lipinski definition) is 1. The second kappa shape index (κ2) is 5.49. The Balaban J connectivity index is 2.13. The Morgan fingerprint density at radius 1 is 1.24 bits per heavy atom. The first-order valence-corrected chi connectivity index (χ1v) is 5.88. The summed E-state index contributed by atoms with van der Waals surface area (Å²) in [7, 11) is 3.47. The highest BCUT2D eigenvalue weighted by Gasteiger charge is 2.32. The maximum absolute atomic E-state index is 5.66. The summed E-state index contributed by atoms with van der Waals surface area (Å²) in [4.78, 5) is 2.28. The van der Waals surface area contributed by atoms with Gasteiger partial charge in [0.05, 0.1) is 0 Å². The fourth-order valence-electron chi connectivity index (χ4n) is 2.29. The standard InChI is InChI=1S/C13H20N2O2/c1-16-12-8-15(9-13(12)17-2)11-5-3-4-10(6-11)7-14/h3-6,12-13H,7-9,14H2,1-2H3. The van der Waals surface area contributed by atoms with Gasteiger partial charge >= 0.3 is 0 Å². The number of rotatable bonds is 4. The molecular weight excluding hydrogens is 216 g/mol. The maximum atomic E-state index is 5.66. The molecule has 2 unspecified atom stereocenters. The van der Waals surface area contributed by atoms with Crippen LogP contribution in [0.5, 0.6) is 0 Å². The quantitative estimate of drug-likeness (QED) is 0.847. The van der Waals surface area contributed by atoms with E-state index in [-0.39, 0.29) is 12.2 Å². The number of methoxy groups -OCH3 is 2. The molecule has 4 nitrogen and oxygen atoms in total. The molecule has 0 spiro atoms. The van der Waals surface area contributed by atoms with Gasteiger partial charge in [-0.15, -0.1) is 0 Å². The van der Waals surface area contributed by atoms with Crippen molar-refractivity contribution >= 4 is 5.69 Å². The second-order valence-corrected chi connectivity index (χ2v) is 4.33. The molecule has 4 heteroatoms. The maximum Gasteiger partial charge on any atom is 0.102 e. The normalized spacial score (nSPS) is 24.3. The van der Waals surface area contributed by atoms with Crippen molar-refractivity contribution in [1.82, 2.24) is 0 Å². The van der Waals surface area contributed by atoms with Gasteiger partial charge in [-0.1, -0.05) is 12.1 Å². The molecule has 0 amide bonds. The number of benzene rings is 1. The summed E-state index contributed by atoms with van der Waals surface area (Å²) < 4.78 is 10.9. The van der Waals surface area contributed by atoms with Crippen LogP contribution < -0.4 is 10.6 Å². The largest absolute Gasteiger partial charge is 0.377 e. The molecule has 1 heterocycles. The number of nitrogens with two attached hydrogens (primary N) is 1. The van der Waals surface area contributed by atoms with Crippen molar-refractivity contribution in [3.8, 4) is 0 Å². The van der Waals surface area contributed by atoms with Gasteiger partial charge in [-0.25, -0.2) is 0 Å². The molecule has 94 valence electrons. The van der Waals surface area contributed by atoms with E-state index in [1.54, 1.807) is 14.2 Å². The smallest absolute Gasteiger partial charge is 0.102 e. The Morgan fingerprint density at radius 3 is 2.41 bits per heavy atom. The lowest BCUT2D eigenvalue weighted by Crippen LogP contribution is -2.27. The first-order valence-electron chi connectivity index (χ1n) is 5.88. The third-order valence-corrected chi connectivity index (χ3v) is 3.33. The van der Waals surface area contributed by atoms with Crippen LogP contribution in [0.2, 0.25) is 0 Å². The average Bonchev–Trinajstić information content (AvgIpc) is 2.82. The van der Waals surface area contributed by atoms with Gasteiger partial charge in [-0.3, -0.25) is 0 Å². The predicted molar refractivity (Wildman–Crippen MR) is 68.1 cm³/mol. The third-order valence-electron chi connectivity index (χ3n) is 3.33. The molecule has 0 aliphatic carbocycles. The van der Waals surface area contributed by atoms with Crippen LogP contribution in [-0.4, -0.2) is 39.5 Å². The van der Waals surface area contributed by atoms with E-state index in [1.165, 1.54) is 5.69 Å². The summed E-state index contributed by atoms with van der Waals surface area (Å²) in [5, 5.41) is 0. The number of ether oxygens (including phenoxy) is 2. The first-order chi connectivity index (χ1) is 8.28. The van der Waals surface area contributed by atoms with Gasteiger partial charge in [-0.05, 0) is 17.7 Å². The van der Waals surface area contributed by atoms with Crippen LogP contribution in [0.1, 0.15) is 5.56 Å². The van der Waals surface area contributed by atoms with Gasteiger partial charge in [0.2, 0.25) is 0 Å². The van der Waals surface area contributed by atoms with Crippen LogP contribution in [0.4, 0.5) is 5.69 Å². The van der Waals surface area contributed by atoms with E-state index in [1.807, 2.05) is 12.1 Å². The molecule has 1 aromatic carbocycles. The van der Waals surface area contributed by atoms with Crippen LogP contribution in [0.25, 0.3) is 0 Å². The Hall–Kier alpha value is -1.10. The Morgan fingerprint density at radius 2 is 1.88 bits per heavy atom. The zero-order valence-corrected chi connectivity index (χ0v) is 10.4. The van der Waals surface area contributed by atoms with Crippen LogP contribution in [0.15, 0.2) is 24.3 Å². The molecular formula is C13H20N2O2. The lowest BCUT2D eigenvalue weighted by atomic mass is 10.2. The molecule has 1 saturated heterocycles. The summed E-state index contributed by atoms with van der Waals surface area (Å²) in [5.74, 6) is 0. The fraction of sp³-hybridized carbons (Fsp3) is 0.538. The van der Waals surface area contributed by atoms with E-state index in [0.29, 0.717) is 6.54 Å². The lowest BCUT2D eigenvalue weighted by molar-refractivity contribution is -0.00461. The van der Waals surface area contributed by atoms with Gasteiger partial charge in [0.1, 0.15) is 12.2 Å². The number of nitrogens with zero attached hydrogens (tertiary/aromatic N) is 1. The van der Waals surface area contributed by atoms with E-state index in [4.69, 9.17) is 15.2 Å². The molecule has 1 aromatic rings. The average molecular weight is 236 g/mol. The van der Waals surface area contributed by atoms with Crippen molar-refractivity contribution in [2.45, 2.75) is 18.8 Å². The Bertz CT molecular complexity index is 358. The lowest BCUT2D eigenvalue weighted by Gasteiger charge is -2.18. The zero-order valence-electron chi connectivity index (χ0n) is 10.4. The molecule has 0 radical (unpaired) electrons. The number of anilines is 1. The fourth-order valence-corrected chi connectivity index (χ4v) is 2.29. The van der Waals surface area contributed by atoms with Crippen molar-refractivity contribution in [3.05, 3.63) is 29.8 Å². The van der Waals surface area contributed by atoms with Gasteiger partial charge in [-0.2, -0.15) is 0 Å². The van der Waals surface area contributed by atoms with Gasteiger partial charge in [0.15, 0.2) is 0 Å². The summed E-state index contributed by atoms with van der Waals surface area (Å²) in [6.07, 6.45) is 0.281. The van der Waals surface area contributed by atoms with E-state index in [2.05, 4.69) is 17.0 Å². The van der Waals surface area contributed by atoms with Crippen LogP contribution in [0.3, 0.4) is 0 Å².